The van der Waals surface area contributed by atoms with Crippen molar-refractivity contribution in [2.75, 3.05) is 0 Å². The van der Waals surface area contributed by atoms with E-state index < -0.39 is 27.1 Å². The van der Waals surface area contributed by atoms with Crippen LogP contribution in [0.5, 0.6) is 0 Å². The van der Waals surface area contributed by atoms with Gasteiger partial charge >= 0.3 is 0 Å². The number of nitrogens with two attached hydrogens (primary N) is 1. The summed E-state index contributed by atoms with van der Waals surface area (Å²) in [5, 5.41) is 5.20. The average Bonchev–Trinajstić information content (AvgIpc) is 2.68. The Hall–Kier alpha value is -3.36. The first-order valence-corrected chi connectivity index (χ1v) is 9.95. The van der Waals surface area contributed by atoms with E-state index in [1.165, 1.54) is 48.5 Å². The topological polar surface area (TPSA) is 90.4 Å². The zero-order valence-electron chi connectivity index (χ0n) is 14.7. The molecule has 29 heavy (non-hydrogen) atoms. The lowest BCUT2D eigenvalue weighted by atomic mass is 9.98. The van der Waals surface area contributed by atoms with Crippen LogP contribution in [0.1, 0.15) is 0 Å². The van der Waals surface area contributed by atoms with Gasteiger partial charge in [0.1, 0.15) is 23.0 Å². The van der Waals surface area contributed by atoms with Gasteiger partial charge in [-0.2, -0.15) is 0 Å². The molecule has 0 saturated carbocycles. The first-order chi connectivity index (χ1) is 13.8. The summed E-state index contributed by atoms with van der Waals surface area (Å²) >= 11 is 0. The van der Waals surface area contributed by atoms with E-state index in [-0.39, 0.29) is 32.8 Å². The summed E-state index contributed by atoms with van der Waals surface area (Å²) in [5.74, 6) is -1.25. The number of benzene rings is 3. The molecule has 0 amide bonds. The van der Waals surface area contributed by atoms with Crippen molar-refractivity contribution in [2.24, 2.45) is 5.14 Å². The van der Waals surface area contributed by atoms with Gasteiger partial charge < -0.3 is 4.42 Å². The molecule has 3 aromatic carbocycles. The fourth-order valence-electron chi connectivity index (χ4n) is 3.07. The zero-order chi connectivity index (χ0) is 20.8. The van der Waals surface area contributed by atoms with Crippen LogP contribution in [0.2, 0.25) is 0 Å². The third kappa shape index (κ3) is 3.43. The van der Waals surface area contributed by atoms with Crippen LogP contribution in [0.15, 0.2) is 80.8 Å². The monoisotopic (exact) mass is 413 g/mol. The van der Waals surface area contributed by atoms with Gasteiger partial charge in [-0.15, -0.1) is 0 Å². The van der Waals surface area contributed by atoms with Gasteiger partial charge in [-0.3, -0.25) is 4.79 Å². The van der Waals surface area contributed by atoms with E-state index in [0.29, 0.717) is 5.56 Å². The van der Waals surface area contributed by atoms with E-state index in [1.54, 1.807) is 6.07 Å². The highest BCUT2D eigenvalue weighted by molar-refractivity contribution is 7.89. The third-order valence-corrected chi connectivity index (χ3v) is 5.37. The summed E-state index contributed by atoms with van der Waals surface area (Å²) in [7, 11) is -3.92. The van der Waals surface area contributed by atoms with E-state index >= 15 is 0 Å². The number of primary sulfonamides is 1. The van der Waals surface area contributed by atoms with Crippen molar-refractivity contribution in [3.8, 4) is 22.5 Å². The molecule has 0 fully saturated rings. The smallest absolute Gasteiger partial charge is 0.238 e. The largest absolute Gasteiger partial charge is 0.455 e. The Bertz CT molecular complexity index is 1410. The van der Waals surface area contributed by atoms with Gasteiger partial charge in [-0.25, -0.2) is 22.3 Å². The van der Waals surface area contributed by atoms with Crippen LogP contribution < -0.4 is 10.6 Å². The minimum Gasteiger partial charge on any atom is -0.455 e. The van der Waals surface area contributed by atoms with E-state index in [4.69, 9.17) is 9.56 Å². The number of rotatable bonds is 3. The summed E-state index contributed by atoms with van der Waals surface area (Å²) in [6.45, 7) is 0. The van der Waals surface area contributed by atoms with Crippen molar-refractivity contribution >= 4 is 21.0 Å². The van der Waals surface area contributed by atoms with Crippen molar-refractivity contribution in [3.05, 3.63) is 88.6 Å². The van der Waals surface area contributed by atoms with Crippen LogP contribution in [0.25, 0.3) is 33.4 Å². The predicted octanol–water partition coefficient (Wildman–Crippen LogP) is 4.05. The molecule has 0 unspecified atom stereocenters. The summed E-state index contributed by atoms with van der Waals surface area (Å²) in [5.41, 5.74) is -0.287. The second-order valence-electron chi connectivity index (χ2n) is 6.33. The van der Waals surface area contributed by atoms with E-state index in [0.717, 1.165) is 12.1 Å². The lowest BCUT2D eigenvalue weighted by Gasteiger charge is -2.12. The quantitative estimate of drug-likeness (QED) is 0.549. The molecular formula is C21H13F2NO4S. The summed E-state index contributed by atoms with van der Waals surface area (Å²) in [6.07, 6.45) is 0. The van der Waals surface area contributed by atoms with Gasteiger partial charge in [0.25, 0.3) is 0 Å². The Morgan fingerprint density at radius 3 is 2.24 bits per heavy atom. The van der Waals surface area contributed by atoms with Crippen molar-refractivity contribution in [3.63, 3.8) is 0 Å². The highest BCUT2D eigenvalue weighted by atomic mass is 32.2. The van der Waals surface area contributed by atoms with E-state index in [9.17, 15) is 22.0 Å². The molecular weight excluding hydrogens is 400 g/mol. The molecule has 146 valence electrons. The molecule has 1 aromatic heterocycles. The van der Waals surface area contributed by atoms with E-state index in [2.05, 4.69) is 0 Å². The highest BCUT2D eigenvalue weighted by Crippen LogP contribution is 2.34. The summed E-state index contributed by atoms with van der Waals surface area (Å²) < 4.78 is 56.9. The molecule has 8 heteroatoms. The second-order valence-corrected chi connectivity index (χ2v) is 7.89. The summed E-state index contributed by atoms with van der Waals surface area (Å²) in [4.78, 5) is 13.0. The molecule has 0 aliphatic carbocycles. The third-order valence-electron chi connectivity index (χ3n) is 4.44. The maximum Gasteiger partial charge on any atom is 0.238 e. The number of hydrogen-bond donors (Lipinski definition) is 1. The molecule has 0 radical (unpaired) electrons. The number of hydrogen-bond acceptors (Lipinski definition) is 4. The Morgan fingerprint density at radius 1 is 0.897 bits per heavy atom. The molecule has 0 spiro atoms. The first-order valence-electron chi connectivity index (χ1n) is 8.40. The standard InChI is InChI=1S/C21H13F2NO4S/c22-13-7-10-16-18(11-13)28-21(12-5-8-14(9-6-12)29(24,26)27)19(20(16)25)15-3-1-2-4-17(15)23/h1-11H,(H2,24,26,27). The van der Waals surface area contributed by atoms with Crippen molar-refractivity contribution in [2.45, 2.75) is 4.90 Å². The fourth-order valence-corrected chi connectivity index (χ4v) is 3.59. The van der Waals surface area contributed by atoms with Crippen LogP contribution >= 0.6 is 0 Å². The average molecular weight is 413 g/mol. The minimum atomic E-state index is -3.92. The lowest BCUT2D eigenvalue weighted by molar-refractivity contribution is 0.595. The first kappa shape index (κ1) is 19.0. The van der Waals surface area contributed by atoms with Crippen LogP contribution in [-0.4, -0.2) is 8.42 Å². The molecule has 0 bridgehead atoms. The zero-order valence-corrected chi connectivity index (χ0v) is 15.5. The highest BCUT2D eigenvalue weighted by Gasteiger charge is 2.21. The Kier molecular flexibility index (Phi) is 4.52. The summed E-state index contributed by atoms with van der Waals surface area (Å²) in [6, 6.07) is 14.4. The minimum absolute atomic E-state index is 0.0120. The van der Waals surface area contributed by atoms with E-state index in [1.807, 2.05) is 0 Å². The predicted molar refractivity (Wildman–Crippen MR) is 105 cm³/mol. The van der Waals surface area contributed by atoms with Crippen LogP contribution in [0.4, 0.5) is 8.78 Å². The van der Waals surface area contributed by atoms with Gasteiger partial charge in [-0.1, -0.05) is 18.2 Å². The normalized spacial score (nSPS) is 11.7. The molecule has 4 aromatic rings. The Balaban J connectivity index is 2.08. The Labute approximate surface area is 164 Å². The van der Waals surface area contributed by atoms with Crippen LogP contribution in [-0.2, 0) is 10.0 Å². The number of halogens is 2. The van der Waals surface area contributed by atoms with Gasteiger partial charge in [-0.05, 0) is 42.5 Å². The van der Waals surface area contributed by atoms with Crippen LogP contribution in [0, 0.1) is 11.6 Å². The second kappa shape index (κ2) is 6.91. The Morgan fingerprint density at radius 2 is 1.59 bits per heavy atom. The van der Waals surface area contributed by atoms with Crippen molar-refractivity contribution < 1.29 is 21.6 Å². The van der Waals surface area contributed by atoms with Gasteiger partial charge in [0.2, 0.25) is 15.5 Å². The maximum absolute atomic E-state index is 14.5. The number of fused-ring (bicyclic) bond motifs is 1. The van der Waals surface area contributed by atoms with Crippen molar-refractivity contribution in [1.29, 1.82) is 0 Å². The molecule has 2 N–H and O–H groups in total. The molecule has 0 aliphatic heterocycles. The molecule has 0 atom stereocenters. The maximum atomic E-state index is 14.5. The van der Waals surface area contributed by atoms with Crippen molar-refractivity contribution in [1.82, 2.24) is 0 Å². The van der Waals surface area contributed by atoms with Crippen LogP contribution in [0.3, 0.4) is 0 Å². The number of sulfonamides is 1. The lowest BCUT2D eigenvalue weighted by Crippen LogP contribution is -2.12. The molecule has 0 aliphatic rings. The molecule has 1 heterocycles. The SMILES string of the molecule is NS(=O)(=O)c1ccc(-c2oc3cc(F)ccc3c(=O)c2-c2ccccc2F)cc1. The molecule has 5 nitrogen and oxygen atoms in total. The molecule has 4 rings (SSSR count). The molecule has 0 saturated heterocycles. The van der Waals surface area contributed by atoms with Gasteiger partial charge in [0, 0.05) is 17.2 Å². The van der Waals surface area contributed by atoms with Gasteiger partial charge in [0.15, 0.2) is 0 Å². The fraction of sp³-hybridized carbons (Fsp3) is 0. The van der Waals surface area contributed by atoms with Gasteiger partial charge in [0.05, 0.1) is 15.8 Å².